The molecular formula is C27H25IN2O3. The molecule has 3 aromatic carbocycles. The van der Waals surface area contributed by atoms with Crippen molar-refractivity contribution >= 4 is 40.3 Å². The van der Waals surface area contributed by atoms with Gasteiger partial charge in [-0.1, -0.05) is 48.9 Å². The number of nitrogens with one attached hydrogen (secondary N) is 1. The van der Waals surface area contributed by atoms with Crippen molar-refractivity contribution in [3.63, 3.8) is 0 Å². The zero-order valence-electron chi connectivity index (χ0n) is 18.8. The van der Waals surface area contributed by atoms with Crippen LogP contribution in [0.1, 0.15) is 29.2 Å². The van der Waals surface area contributed by atoms with Crippen LogP contribution in [0.3, 0.4) is 0 Å². The number of hydrogen-bond donors (Lipinski definition) is 1. The van der Waals surface area contributed by atoms with Gasteiger partial charge in [-0.2, -0.15) is 5.26 Å². The first kappa shape index (κ1) is 24.3. The summed E-state index contributed by atoms with van der Waals surface area (Å²) in [7, 11) is 1.56. The molecule has 0 aliphatic heterocycles. The molecule has 0 saturated heterocycles. The van der Waals surface area contributed by atoms with E-state index >= 15 is 0 Å². The second kappa shape index (κ2) is 11.5. The Morgan fingerprint density at radius 3 is 2.36 bits per heavy atom. The number of nitrogens with zero attached hydrogens (tertiary/aromatic N) is 1. The largest absolute Gasteiger partial charge is 0.493 e. The van der Waals surface area contributed by atoms with Gasteiger partial charge in [0.05, 0.1) is 10.7 Å². The molecule has 3 aromatic rings. The van der Waals surface area contributed by atoms with E-state index in [4.69, 9.17) is 9.47 Å². The van der Waals surface area contributed by atoms with E-state index in [9.17, 15) is 10.1 Å². The number of carbonyl (C=O) groups excluding carboxylic acids is 1. The van der Waals surface area contributed by atoms with Crippen molar-refractivity contribution < 1.29 is 14.3 Å². The normalized spacial score (nSPS) is 10.9. The molecule has 0 aliphatic carbocycles. The fourth-order valence-corrected chi connectivity index (χ4v) is 3.92. The lowest BCUT2D eigenvalue weighted by atomic mass is 10.1. The number of nitriles is 1. The third-order valence-corrected chi connectivity index (χ3v) is 5.85. The first-order valence-electron chi connectivity index (χ1n) is 10.5. The molecule has 0 atom stereocenters. The molecule has 0 spiro atoms. The van der Waals surface area contributed by atoms with E-state index in [0.717, 1.165) is 15.6 Å². The van der Waals surface area contributed by atoms with Crippen LogP contribution in [0.2, 0.25) is 0 Å². The van der Waals surface area contributed by atoms with E-state index in [2.05, 4.69) is 34.8 Å². The van der Waals surface area contributed by atoms with Crippen LogP contribution in [0.4, 0.5) is 5.69 Å². The van der Waals surface area contributed by atoms with Crippen LogP contribution < -0.4 is 14.8 Å². The summed E-state index contributed by atoms with van der Waals surface area (Å²) in [5.74, 6) is 0.693. The number of halogens is 1. The average Bonchev–Trinajstić information content (AvgIpc) is 2.83. The highest BCUT2D eigenvalue weighted by atomic mass is 127. The van der Waals surface area contributed by atoms with Gasteiger partial charge in [0.1, 0.15) is 18.2 Å². The summed E-state index contributed by atoms with van der Waals surface area (Å²) in [5.41, 5.74) is 4.74. The van der Waals surface area contributed by atoms with Crippen LogP contribution in [0.5, 0.6) is 11.5 Å². The van der Waals surface area contributed by atoms with Crippen LogP contribution >= 0.6 is 22.6 Å². The molecule has 0 heterocycles. The smallest absolute Gasteiger partial charge is 0.266 e. The Bertz CT molecular complexity index is 1190. The number of carbonyl (C=O) groups is 1. The van der Waals surface area contributed by atoms with E-state index in [0.29, 0.717) is 29.4 Å². The number of anilines is 1. The fourth-order valence-electron chi connectivity index (χ4n) is 3.14. The minimum Gasteiger partial charge on any atom is -0.493 e. The van der Waals surface area contributed by atoms with Gasteiger partial charge in [-0.15, -0.1) is 0 Å². The van der Waals surface area contributed by atoms with Crippen molar-refractivity contribution in [1.29, 1.82) is 5.26 Å². The molecule has 0 unspecified atom stereocenters. The van der Waals surface area contributed by atoms with E-state index in [-0.39, 0.29) is 5.57 Å². The maximum Gasteiger partial charge on any atom is 0.266 e. The maximum absolute atomic E-state index is 12.6. The van der Waals surface area contributed by atoms with Gasteiger partial charge in [-0.05, 0) is 83.0 Å². The van der Waals surface area contributed by atoms with Crippen molar-refractivity contribution in [3.05, 3.63) is 92.1 Å². The summed E-state index contributed by atoms with van der Waals surface area (Å²) in [5, 5.41) is 12.3. The second-order valence-electron chi connectivity index (χ2n) is 7.48. The van der Waals surface area contributed by atoms with Crippen LogP contribution in [0.25, 0.3) is 6.08 Å². The second-order valence-corrected chi connectivity index (χ2v) is 8.64. The van der Waals surface area contributed by atoms with E-state index in [1.807, 2.05) is 67.6 Å². The summed E-state index contributed by atoms with van der Waals surface area (Å²) in [6, 6.07) is 21.3. The van der Waals surface area contributed by atoms with Crippen LogP contribution in [-0.4, -0.2) is 13.0 Å². The number of hydrogen-bond acceptors (Lipinski definition) is 4. The Morgan fingerprint density at radius 1 is 1.09 bits per heavy atom. The highest BCUT2D eigenvalue weighted by Crippen LogP contribution is 2.35. The molecule has 0 saturated carbocycles. The highest BCUT2D eigenvalue weighted by Gasteiger charge is 2.14. The molecule has 168 valence electrons. The SMILES string of the molecule is CCc1ccc(NC(=O)/C(C#N)=C\c2cc(I)c(OCc3ccc(C)cc3)c(OC)c2)cc1. The van der Waals surface area contributed by atoms with Gasteiger partial charge in [0, 0.05) is 5.69 Å². The van der Waals surface area contributed by atoms with E-state index in [1.165, 1.54) is 11.1 Å². The molecular weight excluding hydrogens is 527 g/mol. The average molecular weight is 552 g/mol. The molecule has 1 amide bonds. The van der Waals surface area contributed by atoms with E-state index < -0.39 is 5.91 Å². The topological polar surface area (TPSA) is 71.4 Å². The Balaban J connectivity index is 1.79. The quantitative estimate of drug-likeness (QED) is 0.203. The van der Waals surface area contributed by atoms with E-state index in [1.54, 1.807) is 19.3 Å². The third-order valence-electron chi connectivity index (χ3n) is 5.05. The van der Waals surface area contributed by atoms with Crippen molar-refractivity contribution in [2.75, 3.05) is 12.4 Å². The minimum absolute atomic E-state index is 0.000690. The zero-order chi connectivity index (χ0) is 23.8. The lowest BCUT2D eigenvalue weighted by molar-refractivity contribution is -0.112. The molecule has 0 bridgehead atoms. The first-order valence-corrected chi connectivity index (χ1v) is 11.6. The standard InChI is InChI=1S/C27H25IN2O3/c1-4-19-9-11-23(12-10-19)30-27(31)22(16-29)13-21-14-24(28)26(25(15-21)32-3)33-17-20-7-5-18(2)6-8-20/h5-15H,4,17H2,1-3H3,(H,30,31)/b22-13-. The van der Waals surface area contributed by atoms with Gasteiger partial charge >= 0.3 is 0 Å². The zero-order valence-corrected chi connectivity index (χ0v) is 21.0. The predicted molar refractivity (Wildman–Crippen MR) is 139 cm³/mol. The minimum atomic E-state index is -0.463. The molecule has 5 nitrogen and oxygen atoms in total. The Morgan fingerprint density at radius 2 is 1.76 bits per heavy atom. The molecule has 33 heavy (non-hydrogen) atoms. The van der Waals surface area contributed by atoms with Crippen molar-refractivity contribution in [2.24, 2.45) is 0 Å². The number of amides is 1. The number of methoxy groups -OCH3 is 1. The molecule has 0 radical (unpaired) electrons. The van der Waals surface area contributed by atoms with Gasteiger partial charge in [0.2, 0.25) is 0 Å². The maximum atomic E-state index is 12.6. The number of aryl methyl sites for hydroxylation is 2. The molecule has 6 heteroatoms. The number of rotatable bonds is 8. The van der Waals surface area contributed by atoms with Gasteiger partial charge in [-0.25, -0.2) is 0 Å². The highest BCUT2D eigenvalue weighted by molar-refractivity contribution is 14.1. The summed E-state index contributed by atoms with van der Waals surface area (Å²) < 4.78 is 12.4. The van der Waals surface area contributed by atoms with Gasteiger partial charge in [0.25, 0.3) is 5.91 Å². The van der Waals surface area contributed by atoms with Crippen LogP contribution in [0, 0.1) is 21.8 Å². The predicted octanol–water partition coefficient (Wildman–Crippen LogP) is 6.30. The lowest BCUT2D eigenvalue weighted by Crippen LogP contribution is -2.13. The Kier molecular flexibility index (Phi) is 8.50. The monoisotopic (exact) mass is 552 g/mol. The number of benzene rings is 3. The van der Waals surface area contributed by atoms with Crippen molar-refractivity contribution in [3.8, 4) is 17.6 Å². The number of ether oxygens (including phenoxy) is 2. The lowest BCUT2D eigenvalue weighted by Gasteiger charge is -2.14. The molecule has 0 fully saturated rings. The molecule has 1 N–H and O–H groups in total. The Labute approximate surface area is 208 Å². The Hall–Kier alpha value is -3.31. The summed E-state index contributed by atoms with van der Waals surface area (Å²) >= 11 is 2.17. The third kappa shape index (κ3) is 6.59. The van der Waals surface area contributed by atoms with Crippen LogP contribution in [0.15, 0.2) is 66.2 Å². The molecule has 3 rings (SSSR count). The summed E-state index contributed by atoms with van der Waals surface area (Å²) in [6.45, 7) is 4.52. The van der Waals surface area contributed by atoms with Crippen molar-refractivity contribution in [2.45, 2.75) is 26.9 Å². The van der Waals surface area contributed by atoms with Crippen LogP contribution in [-0.2, 0) is 17.8 Å². The summed E-state index contributed by atoms with van der Waals surface area (Å²) in [4.78, 5) is 12.6. The van der Waals surface area contributed by atoms with Crippen molar-refractivity contribution in [1.82, 2.24) is 0 Å². The molecule has 0 aromatic heterocycles. The molecule has 0 aliphatic rings. The fraction of sp³-hybridized carbons (Fsp3) is 0.185. The van der Waals surface area contributed by atoms with Gasteiger partial charge in [-0.3, -0.25) is 4.79 Å². The van der Waals surface area contributed by atoms with Gasteiger partial charge in [0.15, 0.2) is 11.5 Å². The first-order chi connectivity index (χ1) is 15.9. The summed E-state index contributed by atoms with van der Waals surface area (Å²) in [6.07, 6.45) is 2.47. The van der Waals surface area contributed by atoms with Gasteiger partial charge < -0.3 is 14.8 Å².